The number of rotatable bonds is 6. The minimum Gasteiger partial charge on any atom is -0.494 e. The van der Waals surface area contributed by atoms with Crippen LogP contribution in [0.1, 0.15) is 18.1 Å². The molecule has 4 aromatic rings. The number of imide groups is 1. The maximum atomic E-state index is 14.7. The van der Waals surface area contributed by atoms with Crippen LogP contribution < -0.4 is 14.2 Å². The summed E-state index contributed by atoms with van der Waals surface area (Å²) in [4.78, 5) is 28.1. The standard InChI is InChI=1S/C32H23FN4O5/c1-19-24(31(38)36(32(39)25(19)15-34)16-20-8-10-28-29(12-20)42-18-41-28)13-22-17-37(23-6-4-3-5-7-23)35-30(22)21-9-11-27(40-2)26(33)14-21/h3-14,17H,16,18H2,1-2H3/b24-13+. The van der Waals surface area contributed by atoms with Crippen molar-refractivity contribution in [3.8, 4) is 40.3 Å². The number of benzene rings is 3. The van der Waals surface area contributed by atoms with Gasteiger partial charge in [-0.15, -0.1) is 0 Å². The van der Waals surface area contributed by atoms with E-state index in [9.17, 15) is 19.2 Å². The molecular formula is C32H23FN4O5. The Bertz CT molecular complexity index is 1850. The fourth-order valence-electron chi connectivity index (χ4n) is 4.89. The molecule has 0 N–H and O–H groups in total. The summed E-state index contributed by atoms with van der Waals surface area (Å²) < 4.78 is 32.2. The van der Waals surface area contributed by atoms with Crippen LogP contribution in [0.2, 0.25) is 0 Å². The first-order valence-electron chi connectivity index (χ1n) is 12.9. The molecule has 0 unspecified atom stereocenters. The lowest BCUT2D eigenvalue weighted by molar-refractivity contribution is -0.141. The summed E-state index contributed by atoms with van der Waals surface area (Å²) in [6.45, 7) is 1.57. The number of fused-ring (bicyclic) bond motifs is 1. The van der Waals surface area contributed by atoms with Gasteiger partial charge >= 0.3 is 0 Å². The monoisotopic (exact) mass is 562 g/mol. The lowest BCUT2D eigenvalue weighted by atomic mass is 9.93. The first kappa shape index (κ1) is 26.5. The van der Waals surface area contributed by atoms with E-state index in [4.69, 9.17) is 19.3 Å². The summed E-state index contributed by atoms with van der Waals surface area (Å²) in [7, 11) is 1.38. The van der Waals surface area contributed by atoms with Crippen LogP contribution in [0.3, 0.4) is 0 Å². The Morgan fingerprint density at radius 2 is 1.83 bits per heavy atom. The zero-order chi connectivity index (χ0) is 29.4. The van der Waals surface area contributed by atoms with E-state index in [0.29, 0.717) is 33.9 Å². The molecule has 0 saturated heterocycles. The van der Waals surface area contributed by atoms with Gasteiger partial charge in [0.2, 0.25) is 6.79 Å². The molecule has 3 heterocycles. The number of ether oxygens (including phenoxy) is 3. The number of carbonyl (C=O) groups is 2. The molecule has 10 heteroatoms. The van der Waals surface area contributed by atoms with Crippen LogP contribution >= 0.6 is 0 Å². The second kappa shape index (κ2) is 10.7. The van der Waals surface area contributed by atoms with E-state index in [2.05, 4.69) is 0 Å². The third-order valence-electron chi connectivity index (χ3n) is 7.09. The maximum absolute atomic E-state index is 14.7. The third kappa shape index (κ3) is 4.67. The van der Waals surface area contributed by atoms with Crippen LogP contribution in [-0.4, -0.2) is 40.4 Å². The van der Waals surface area contributed by atoms with Crippen molar-refractivity contribution in [1.82, 2.24) is 14.7 Å². The molecule has 0 radical (unpaired) electrons. The third-order valence-corrected chi connectivity index (χ3v) is 7.09. The molecule has 1 aromatic heterocycles. The van der Waals surface area contributed by atoms with Crippen molar-refractivity contribution in [3.05, 3.63) is 107 Å². The van der Waals surface area contributed by atoms with E-state index in [0.717, 1.165) is 10.6 Å². The van der Waals surface area contributed by atoms with Crippen molar-refractivity contribution in [2.75, 3.05) is 13.9 Å². The molecule has 2 amide bonds. The summed E-state index contributed by atoms with van der Waals surface area (Å²) >= 11 is 0. The minimum absolute atomic E-state index is 0.0794. The smallest absolute Gasteiger partial charge is 0.271 e. The van der Waals surface area contributed by atoms with E-state index in [1.165, 1.54) is 19.2 Å². The fraction of sp³-hybridized carbons (Fsp3) is 0.125. The normalized spacial score (nSPS) is 15.4. The predicted molar refractivity (Wildman–Crippen MR) is 150 cm³/mol. The minimum atomic E-state index is -0.688. The highest BCUT2D eigenvalue weighted by Crippen LogP contribution is 2.35. The molecule has 0 fully saturated rings. The highest BCUT2D eigenvalue weighted by molar-refractivity contribution is 6.19. The van der Waals surface area contributed by atoms with Gasteiger partial charge in [-0.25, -0.2) is 9.07 Å². The molecule has 6 rings (SSSR count). The first-order valence-corrected chi connectivity index (χ1v) is 12.9. The number of amides is 2. The van der Waals surface area contributed by atoms with E-state index < -0.39 is 17.6 Å². The number of aromatic nitrogens is 2. The first-order chi connectivity index (χ1) is 20.4. The van der Waals surface area contributed by atoms with E-state index in [-0.39, 0.29) is 35.8 Å². The number of halogens is 1. The highest BCUT2D eigenvalue weighted by Gasteiger charge is 2.36. The van der Waals surface area contributed by atoms with E-state index >= 15 is 0 Å². The average Bonchev–Trinajstić information content (AvgIpc) is 3.65. The zero-order valence-electron chi connectivity index (χ0n) is 22.6. The molecule has 0 bridgehead atoms. The number of hydrogen-bond donors (Lipinski definition) is 0. The van der Waals surface area contributed by atoms with Crippen molar-refractivity contribution in [2.45, 2.75) is 13.5 Å². The van der Waals surface area contributed by atoms with Gasteiger partial charge in [0.25, 0.3) is 11.8 Å². The van der Waals surface area contributed by atoms with Crippen LogP contribution in [-0.2, 0) is 16.1 Å². The molecule has 208 valence electrons. The summed E-state index contributed by atoms with van der Waals surface area (Å²) in [5.41, 5.74) is 2.96. The number of methoxy groups -OCH3 is 1. The SMILES string of the molecule is COc1ccc(-c2nn(-c3ccccc3)cc2/C=C2/C(=O)N(Cc3ccc4c(c3)OCO4)C(=O)C(C#N)=C2C)cc1F. The number of hydrogen-bond acceptors (Lipinski definition) is 7. The number of nitrogens with zero attached hydrogens (tertiary/aromatic N) is 4. The Kier molecular flexibility index (Phi) is 6.76. The van der Waals surface area contributed by atoms with Crippen molar-refractivity contribution < 1.29 is 28.2 Å². The molecule has 42 heavy (non-hydrogen) atoms. The van der Waals surface area contributed by atoms with Crippen molar-refractivity contribution in [3.63, 3.8) is 0 Å². The van der Waals surface area contributed by atoms with Gasteiger partial charge in [0, 0.05) is 22.9 Å². The lowest BCUT2D eigenvalue weighted by Crippen LogP contribution is -2.42. The summed E-state index contributed by atoms with van der Waals surface area (Å²) in [6.07, 6.45) is 3.29. The van der Waals surface area contributed by atoms with Crippen molar-refractivity contribution in [1.29, 1.82) is 5.26 Å². The summed E-state index contributed by atoms with van der Waals surface area (Å²) in [6, 6.07) is 20.9. The average molecular weight is 563 g/mol. The zero-order valence-corrected chi connectivity index (χ0v) is 22.6. The Hall–Kier alpha value is -5.69. The number of carbonyl (C=O) groups excluding carboxylic acids is 2. The van der Waals surface area contributed by atoms with Gasteiger partial charge in [-0.3, -0.25) is 14.5 Å². The highest BCUT2D eigenvalue weighted by atomic mass is 19.1. The van der Waals surface area contributed by atoms with Crippen LogP contribution in [0.25, 0.3) is 23.0 Å². The molecular weight excluding hydrogens is 539 g/mol. The molecule has 0 aliphatic carbocycles. The van der Waals surface area contributed by atoms with Gasteiger partial charge in [-0.05, 0) is 66.6 Å². The van der Waals surface area contributed by atoms with Crippen LogP contribution in [0.4, 0.5) is 4.39 Å². The Labute approximate surface area is 240 Å². The van der Waals surface area contributed by atoms with Gasteiger partial charge < -0.3 is 14.2 Å². The molecule has 2 aliphatic rings. The van der Waals surface area contributed by atoms with Gasteiger partial charge in [0.1, 0.15) is 17.3 Å². The Morgan fingerprint density at radius 3 is 2.57 bits per heavy atom. The largest absolute Gasteiger partial charge is 0.494 e. The van der Waals surface area contributed by atoms with Gasteiger partial charge in [-0.2, -0.15) is 10.4 Å². The van der Waals surface area contributed by atoms with Gasteiger partial charge in [-0.1, -0.05) is 24.3 Å². The Morgan fingerprint density at radius 1 is 1.05 bits per heavy atom. The van der Waals surface area contributed by atoms with Crippen LogP contribution in [0, 0.1) is 17.1 Å². The second-order valence-electron chi connectivity index (χ2n) is 9.62. The molecule has 0 spiro atoms. The molecule has 9 nitrogen and oxygen atoms in total. The van der Waals surface area contributed by atoms with E-state index in [1.54, 1.807) is 48.1 Å². The Balaban J connectivity index is 1.46. The fourth-order valence-corrected chi connectivity index (χ4v) is 4.89. The van der Waals surface area contributed by atoms with Gasteiger partial charge in [0.15, 0.2) is 23.1 Å². The van der Waals surface area contributed by atoms with Crippen molar-refractivity contribution in [2.24, 2.45) is 0 Å². The predicted octanol–water partition coefficient (Wildman–Crippen LogP) is 5.21. The van der Waals surface area contributed by atoms with Crippen molar-refractivity contribution >= 4 is 17.9 Å². The quantitative estimate of drug-likeness (QED) is 0.235. The summed E-state index contributed by atoms with van der Waals surface area (Å²) in [5.74, 6) is -0.668. The van der Waals surface area contributed by atoms with Crippen LogP contribution in [0.5, 0.6) is 17.2 Å². The molecule has 0 atom stereocenters. The molecule has 3 aromatic carbocycles. The topological polar surface area (TPSA) is 107 Å². The summed E-state index contributed by atoms with van der Waals surface area (Å²) in [5, 5.41) is 14.6. The number of nitriles is 1. The number of para-hydroxylation sites is 1. The second-order valence-corrected chi connectivity index (χ2v) is 9.62. The molecule has 0 saturated carbocycles. The maximum Gasteiger partial charge on any atom is 0.271 e. The van der Waals surface area contributed by atoms with Gasteiger partial charge in [0.05, 0.1) is 19.3 Å². The lowest BCUT2D eigenvalue weighted by Gasteiger charge is -2.27. The van der Waals surface area contributed by atoms with Crippen LogP contribution in [0.15, 0.2) is 89.6 Å². The molecule has 2 aliphatic heterocycles. The van der Waals surface area contributed by atoms with E-state index in [1.807, 2.05) is 36.4 Å².